The smallest absolute Gasteiger partial charge is 0.114 e. The van der Waals surface area contributed by atoms with Gasteiger partial charge < -0.3 is 4.48 Å². The van der Waals surface area contributed by atoms with Crippen molar-refractivity contribution in [2.24, 2.45) is 0 Å². The summed E-state index contributed by atoms with van der Waals surface area (Å²) in [6.07, 6.45) is 18.6. The second-order valence-corrected chi connectivity index (χ2v) is 8.61. The fourth-order valence-electron chi connectivity index (χ4n) is 5.18. The van der Waals surface area contributed by atoms with Gasteiger partial charge >= 0.3 is 0 Å². The van der Waals surface area contributed by atoms with Gasteiger partial charge in [0, 0.05) is 24.8 Å². The van der Waals surface area contributed by atoms with Crippen LogP contribution in [0.5, 0.6) is 0 Å². The van der Waals surface area contributed by atoms with Crippen LogP contribution in [0.4, 0.5) is 0 Å². The van der Waals surface area contributed by atoms with Crippen LogP contribution in [0.25, 0.3) is 0 Å². The van der Waals surface area contributed by atoms with Gasteiger partial charge in [-0.2, -0.15) is 0 Å². The highest BCUT2D eigenvalue weighted by atomic mass is 15.4. The van der Waals surface area contributed by atoms with E-state index >= 15 is 0 Å². The number of quaternary nitrogens is 1. The Hall–Kier alpha value is -0.820. The molecule has 1 aliphatic heterocycles. The molecule has 1 heteroatoms. The minimum Gasteiger partial charge on any atom is -0.317 e. The molecule has 0 saturated carbocycles. The Morgan fingerprint density at radius 1 is 0.731 bits per heavy atom. The Balaban J connectivity index is 1.71. The van der Waals surface area contributed by atoms with Gasteiger partial charge in [-0.25, -0.2) is 0 Å². The van der Waals surface area contributed by atoms with Gasteiger partial charge in [-0.1, -0.05) is 95.5 Å². The van der Waals surface area contributed by atoms with Crippen molar-refractivity contribution in [2.75, 3.05) is 19.6 Å². The Bertz CT molecular complexity index is 446. The van der Waals surface area contributed by atoms with Gasteiger partial charge in [0.1, 0.15) is 6.04 Å². The van der Waals surface area contributed by atoms with E-state index in [4.69, 9.17) is 0 Å². The van der Waals surface area contributed by atoms with Gasteiger partial charge in [-0.05, 0) is 12.8 Å². The van der Waals surface area contributed by atoms with Crippen molar-refractivity contribution in [3.63, 3.8) is 0 Å². The number of nitrogens with zero attached hydrogens (tertiary/aromatic N) is 1. The van der Waals surface area contributed by atoms with Crippen molar-refractivity contribution in [3.05, 3.63) is 35.9 Å². The monoisotopic (exact) mass is 358 g/mol. The zero-order valence-electron chi connectivity index (χ0n) is 17.7. The first kappa shape index (κ1) is 21.5. The molecule has 1 nitrogen and oxygen atoms in total. The van der Waals surface area contributed by atoms with E-state index in [1.54, 1.807) is 5.56 Å². The second-order valence-electron chi connectivity index (χ2n) is 8.61. The molecule has 1 unspecified atom stereocenters. The molecule has 0 radical (unpaired) electrons. The first-order valence-corrected chi connectivity index (χ1v) is 11.7. The molecule has 1 heterocycles. The summed E-state index contributed by atoms with van der Waals surface area (Å²) in [5, 5.41) is 0. The lowest BCUT2D eigenvalue weighted by molar-refractivity contribution is -0.946. The van der Waals surface area contributed by atoms with Crippen LogP contribution in [0.2, 0.25) is 0 Å². The van der Waals surface area contributed by atoms with Crippen molar-refractivity contribution in [3.8, 4) is 0 Å². The molecule has 0 amide bonds. The van der Waals surface area contributed by atoms with E-state index in [-0.39, 0.29) is 0 Å². The molecule has 1 atom stereocenters. The normalized spacial score (nSPS) is 17.5. The summed E-state index contributed by atoms with van der Waals surface area (Å²) in [5.41, 5.74) is 1.57. The van der Waals surface area contributed by atoms with E-state index in [0.29, 0.717) is 0 Å². The van der Waals surface area contributed by atoms with Gasteiger partial charge in [-0.3, -0.25) is 0 Å². The topological polar surface area (TPSA) is 0 Å². The summed E-state index contributed by atoms with van der Waals surface area (Å²) >= 11 is 0. The number of likely N-dealkylation sites (tertiary alicyclic amines) is 1. The first-order chi connectivity index (χ1) is 12.8. The minimum atomic E-state index is 0.720. The molecule has 0 aliphatic carbocycles. The predicted octanol–water partition coefficient (Wildman–Crippen LogP) is 7.67. The molecule has 0 N–H and O–H groups in total. The molecular weight excluding hydrogens is 314 g/mol. The number of hydrogen-bond acceptors (Lipinski definition) is 0. The van der Waals surface area contributed by atoms with Crippen LogP contribution in [0.15, 0.2) is 30.3 Å². The lowest BCUT2D eigenvalue weighted by atomic mass is 9.99. The predicted molar refractivity (Wildman–Crippen MR) is 115 cm³/mol. The third kappa shape index (κ3) is 6.72. The Morgan fingerprint density at radius 3 is 1.81 bits per heavy atom. The lowest BCUT2D eigenvalue weighted by Gasteiger charge is -2.42. The first-order valence-electron chi connectivity index (χ1n) is 11.7. The third-order valence-electron chi connectivity index (χ3n) is 6.65. The maximum Gasteiger partial charge on any atom is 0.114 e. The molecule has 148 valence electrons. The Labute approximate surface area is 163 Å². The zero-order chi connectivity index (χ0) is 18.5. The van der Waals surface area contributed by atoms with Crippen molar-refractivity contribution in [1.82, 2.24) is 0 Å². The summed E-state index contributed by atoms with van der Waals surface area (Å²) in [5.74, 6) is 0. The van der Waals surface area contributed by atoms with Crippen molar-refractivity contribution < 1.29 is 4.48 Å². The minimum absolute atomic E-state index is 0.720. The molecule has 1 aliphatic rings. The van der Waals surface area contributed by atoms with Crippen LogP contribution in [0.3, 0.4) is 0 Å². The molecule has 0 spiro atoms. The fraction of sp³-hybridized carbons (Fsp3) is 0.760. The van der Waals surface area contributed by atoms with Gasteiger partial charge in [0.15, 0.2) is 0 Å². The van der Waals surface area contributed by atoms with Crippen molar-refractivity contribution in [1.29, 1.82) is 0 Å². The van der Waals surface area contributed by atoms with Crippen LogP contribution in [-0.4, -0.2) is 24.1 Å². The zero-order valence-corrected chi connectivity index (χ0v) is 17.7. The molecule has 1 saturated heterocycles. The molecule has 26 heavy (non-hydrogen) atoms. The molecule has 1 aromatic rings. The molecule has 2 rings (SSSR count). The van der Waals surface area contributed by atoms with E-state index in [9.17, 15) is 0 Å². The molecular formula is C25H44N+. The number of hydrogen-bond donors (Lipinski definition) is 0. The summed E-state index contributed by atoms with van der Waals surface area (Å²) in [4.78, 5) is 0. The second kappa shape index (κ2) is 12.5. The average Bonchev–Trinajstić information content (AvgIpc) is 3.14. The van der Waals surface area contributed by atoms with Gasteiger partial charge in [0.25, 0.3) is 0 Å². The fourth-order valence-corrected chi connectivity index (χ4v) is 5.18. The maximum atomic E-state index is 2.40. The highest BCUT2D eigenvalue weighted by molar-refractivity contribution is 5.17. The summed E-state index contributed by atoms with van der Waals surface area (Å²) in [7, 11) is 0. The highest BCUT2D eigenvalue weighted by Crippen LogP contribution is 2.36. The van der Waals surface area contributed by atoms with Crippen LogP contribution in [0.1, 0.15) is 109 Å². The maximum absolute atomic E-state index is 2.40. The van der Waals surface area contributed by atoms with Crippen LogP contribution >= 0.6 is 0 Å². The van der Waals surface area contributed by atoms with Gasteiger partial charge in [-0.15, -0.1) is 0 Å². The molecule has 0 bridgehead atoms. The van der Waals surface area contributed by atoms with E-state index in [2.05, 4.69) is 44.2 Å². The van der Waals surface area contributed by atoms with Crippen LogP contribution < -0.4 is 0 Å². The molecule has 1 aromatic carbocycles. The summed E-state index contributed by atoms with van der Waals surface area (Å²) in [6.45, 7) is 8.92. The third-order valence-corrected chi connectivity index (χ3v) is 6.65. The average molecular weight is 359 g/mol. The quantitative estimate of drug-likeness (QED) is 0.236. The van der Waals surface area contributed by atoms with Crippen molar-refractivity contribution >= 4 is 0 Å². The van der Waals surface area contributed by atoms with E-state index < -0.39 is 0 Å². The number of rotatable bonds is 14. The summed E-state index contributed by atoms with van der Waals surface area (Å²) in [6, 6.07) is 12.1. The number of benzene rings is 1. The largest absolute Gasteiger partial charge is 0.317 e. The van der Waals surface area contributed by atoms with E-state index in [1.165, 1.54) is 108 Å². The summed E-state index contributed by atoms with van der Waals surface area (Å²) < 4.78 is 1.37. The van der Waals surface area contributed by atoms with Crippen molar-refractivity contribution in [2.45, 2.75) is 103 Å². The van der Waals surface area contributed by atoms with E-state index in [1.807, 2.05) is 0 Å². The molecule has 0 aromatic heterocycles. The Kier molecular flexibility index (Phi) is 10.4. The van der Waals surface area contributed by atoms with Gasteiger partial charge in [0.2, 0.25) is 0 Å². The SMILES string of the molecule is CCCCCCCCCCCC[N+]1(C(CC)c2ccccc2)CCCC1. The number of unbranched alkanes of at least 4 members (excludes halogenated alkanes) is 9. The standard InChI is InChI=1S/C25H44N/c1-3-5-6-7-8-9-10-11-12-16-21-26(22-17-18-23-26)25(4-2)24-19-14-13-15-20-24/h13-15,19-20,25H,3-12,16-18,21-23H2,1-2H3/q+1. The van der Waals surface area contributed by atoms with E-state index in [0.717, 1.165) is 6.04 Å². The lowest BCUT2D eigenvalue weighted by Crippen LogP contribution is -2.48. The molecule has 1 fully saturated rings. The van der Waals surface area contributed by atoms with Crippen LogP contribution in [-0.2, 0) is 0 Å². The highest BCUT2D eigenvalue weighted by Gasteiger charge is 2.39. The van der Waals surface area contributed by atoms with Crippen LogP contribution in [0, 0.1) is 0 Å². The Morgan fingerprint density at radius 2 is 1.27 bits per heavy atom. The van der Waals surface area contributed by atoms with Gasteiger partial charge in [0.05, 0.1) is 19.6 Å².